The fraction of sp³-hybridized carbons (Fsp3) is 0.917. The van der Waals surface area contributed by atoms with E-state index in [1.165, 1.54) is 0 Å². The molecule has 0 aromatic heterocycles. The third-order valence-electron chi connectivity index (χ3n) is 3.45. The normalized spacial score (nSPS) is 12.1. The number of nitrogens with zero attached hydrogens (tertiary/aromatic N) is 1. The minimum absolute atomic E-state index is 0. The van der Waals surface area contributed by atoms with Crippen LogP contribution < -0.4 is 11.1 Å². The molecule has 0 bridgehead atoms. The van der Waals surface area contributed by atoms with Crippen molar-refractivity contribution in [3.05, 3.63) is 0 Å². The SMILES string of the molecule is CCC(CC)(CC)CN=C(N)NCCOC.I. The van der Waals surface area contributed by atoms with Gasteiger partial charge in [0.15, 0.2) is 5.96 Å². The first-order valence-corrected chi connectivity index (χ1v) is 6.16. The number of hydrogen-bond acceptors (Lipinski definition) is 2. The Hall–Kier alpha value is -0.0400. The highest BCUT2D eigenvalue weighted by atomic mass is 127. The maximum Gasteiger partial charge on any atom is 0.188 e. The number of rotatable bonds is 8. The summed E-state index contributed by atoms with van der Waals surface area (Å²) in [4.78, 5) is 4.41. The third kappa shape index (κ3) is 7.81. The van der Waals surface area contributed by atoms with Crippen molar-refractivity contribution in [2.24, 2.45) is 16.1 Å². The van der Waals surface area contributed by atoms with Crippen molar-refractivity contribution >= 4 is 29.9 Å². The molecule has 104 valence electrons. The molecule has 0 aromatic rings. The van der Waals surface area contributed by atoms with Gasteiger partial charge >= 0.3 is 0 Å². The van der Waals surface area contributed by atoms with Crippen LogP contribution in [0.1, 0.15) is 40.0 Å². The largest absolute Gasteiger partial charge is 0.383 e. The Kier molecular flexibility index (Phi) is 12.6. The molecule has 0 saturated heterocycles. The second-order valence-corrected chi connectivity index (χ2v) is 4.18. The Balaban J connectivity index is 0. The topological polar surface area (TPSA) is 59.6 Å². The van der Waals surface area contributed by atoms with E-state index in [1.54, 1.807) is 7.11 Å². The van der Waals surface area contributed by atoms with Crippen LogP contribution in [0.4, 0.5) is 0 Å². The summed E-state index contributed by atoms with van der Waals surface area (Å²) in [5, 5.41) is 3.03. The van der Waals surface area contributed by atoms with Gasteiger partial charge in [0.1, 0.15) is 0 Å². The number of methoxy groups -OCH3 is 1. The van der Waals surface area contributed by atoms with Crippen LogP contribution in [0.5, 0.6) is 0 Å². The molecule has 0 spiro atoms. The Morgan fingerprint density at radius 2 is 1.76 bits per heavy atom. The van der Waals surface area contributed by atoms with Gasteiger partial charge in [0.2, 0.25) is 0 Å². The highest BCUT2D eigenvalue weighted by Crippen LogP contribution is 2.30. The maximum absolute atomic E-state index is 5.77. The Bertz CT molecular complexity index is 198. The molecule has 0 aliphatic rings. The lowest BCUT2D eigenvalue weighted by molar-refractivity contribution is 0.203. The predicted molar refractivity (Wildman–Crippen MR) is 85.1 cm³/mol. The van der Waals surface area contributed by atoms with E-state index >= 15 is 0 Å². The van der Waals surface area contributed by atoms with Crippen LogP contribution in [0.15, 0.2) is 4.99 Å². The van der Waals surface area contributed by atoms with Crippen molar-refractivity contribution in [1.29, 1.82) is 0 Å². The van der Waals surface area contributed by atoms with Gasteiger partial charge in [0.25, 0.3) is 0 Å². The van der Waals surface area contributed by atoms with E-state index in [1.807, 2.05) is 0 Å². The van der Waals surface area contributed by atoms with Crippen LogP contribution in [0.25, 0.3) is 0 Å². The molecule has 17 heavy (non-hydrogen) atoms. The highest BCUT2D eigenvalue weighted by molar-refractivity contribution is 14.0. The first-order chi connectivity index (χ1) is 7.64. The lowest BCUT2D eigenvalue weighted by Gasteiger charge is -2.28. The summed E-state index contributed by atoms with van der Waals surface area (Å²) < 4.78 is 4.93. The summed E-state index contributed by atoms with van der Waals surface area (Å²) in [6.07, 6.45) is 3.44. The predicted octanol–water partition coefficient (Wildman–Crippen LogP) is 2.37. The van der Waals surface area contributed by atoms with Gasteiger partial charge in [-0.25, -0.2) is 0 Å². The smallest absolute Gasteiger partial charge is 0.188 e. The van der Waals surface area contributed by atoms with Crippen LogP contribution in [-0.4, -0.2) is 32.8 Å². The molecule has 0 fully saturated rings. The lowest BCUT2D eigenvalue weighted by Crippen LogP contribution is -2.35. The molecule has 4 nitrogen and oxygen atoms in total. The summed E-state index contributed by atoms with van der Waals surface area (Å²) in [7, 11) is 1.67. The van der Waals surface area contributed by atoms with E-state index in [4.69, 9.17) is 10.5 Å². The van der Waals surface area contributed by atoms with Crippen molar-refractivity contribution in [1.82, 2.24) is 5.32 Å². The Labute approximate surface area is 123 Å². The highest BCUT2D eigenvalue weighted by Gasteiger charge is 2.23. The number of ether oxygens (including phenoxy) is 1. The quantitative estimate of drug-likeness (QED) is 0.304. The number of halogens is 1. The van der Waals surface area contributed by atoms with Crippen molar-refractivity contribution in [2.45, 2.75) is 40.0 Å². The van der Waals surface area contributed by atoms with E-state index in [-0.39, 0.29) is 24.0 Å². The molecule has 0 rings (SSSR count). The van der Waals surface area contributed by atoms with Crippen molar-refractivity contribution in [3.63, 3.8) is 0 Å². The minimum Gasteiger partial charge on any atom is -0.383 e. The molecule has 0 aliphatic carbocycles. The van der Waals surface area contributed by atoms with Crippen LogP contribution in [-0.2, 0) is 4.74 Å². The van der Waals surface area contributed by atoms with Gasteiger partial charge in [-0.3, -0.25) is 4.99 Å². The Morgan fingerprint density at radius 3 is 2.18 bits per heavy atom. The summed E-state index contributed by atoms with van der Waals surface area (Å²) in [6.45, 7) is 8.83. The van der Waals surface area contributed by atoms with Crippen molar-refractivity contribution < 1.29 is 4.74 Å². The molecule has 0 radical (unpaired) electrons. The van der Waals surface area contributed by atoms with Gasteiger partial charge in [-0.05, 0) is 24.7 Å². The van der Waals surface area contributed by atoms with Gasteiger partial charge in [0.05, 0.1) is 6.61 Å². The number of hydrogen-bond donors (Lipinski definition) is 2. The van der Waals surface area contributed by atoms with E-state index in [0.717, 1.165) is 25.8 Å². The van der Waals surface area contributed by atoms with E-state index in [9.17, 15) is 0 Å². The first kappa shape index (κ1) is 19.3. The van der Waals surface area contributed by atoms with Gasteiger partial charge < -0.3 is 15.8 Å². The standard InChI is InChI=1S/C12H27N3O.HI/c1-5-12(6-2,7-3)10-15-11(13)14-8-9-16-4;/h5-10H2,1-4H3,(H3,13,14,15);1H. The third-order valence-corrected chi connectivity index (χ3v) is 3.45. The van der Waals surface area contributed by atoms with E-state index in [2.05, 4.69) is 31.1 Å². The van der Waals surface area contributed by atoms with Crippen LogP contribution in [0, 0.1) is 5.41 Å². The Morgan fingerprint density at radius 1 is 1.24 bits per heavy atom. The van der Waals surface area contributed by atoms with Crippen molar-refractivity contribution in [2.75, 3.05) is 26.8 Å². The molecule has 5 heteroatoms. The molecule has 0 saturated carbocycles. The van der Waals surface area contributed by atoms with Gasteiger partial charge in [-0.15, -0.1) is 24.0 Å². The molecule has 3 N–H and O–H groups in total. The van der Waals surface area contributed by atoms with Crippen LogP contribution >= 0.6 is 24.0 Å². The molecule has 0 heterocycles. The molecule has 0 atom stereocenters. The number of guanidine groups is 1. The summed E-state index contributed by atoms with van der Waals surface area (Å²) in [5.74, 6) is 0.525. The lowest BCUT2D eigenvalue weighted by atomic mass is 9.80. The summed E-state index contributed by atoms with van der Waals surface area (Å²) in [6, 6.07) is 0. The van der Waals surface area contributed by atoms with Crippen LogP contribution in [0.3, 0.4) is 0 Å². The second-order valence-electron chi connectivity index (χ2n) is 4.18. The number of nitrogens with two attached hydrogens (primary N) is 1. The number of aliphatic imine (C=N–C) groups is 1. The number of nitrogens with one attached hydrogen (secondary N) is 1. The second kappa shape index (κ2) is 11.1. The monoisotopic (exact) mass is 357 g/mol. The minimum atomic E-state index is 0. The molecule has 0 unspecified atom stereocenters. The molecular formula is C12H28IN3O. The first-order valence-electron chi connectivity index (χ1n) is 6.16. The zero-order valence-corrected chi connectivity index (χ0v) is 13.9. The van der Waals surface area contributed by atoms with Crippen LogP contribution in [0.2, 0.25) is 0 Å². The fourth-order valence-corrected chi connectivity index (χ4v) is 1.68. The van der Waals surface area contributed by atoms with Gasteiger partial charge in [0, 0.05) is 20.2 Å². The summed E-state index contributed by atoms with van der Waals surface area (Å²) in [5.41, 5.74) is 6.08. The zero-order chi connectivity index (χ0) is 12.4. The molecule has 0 amide bonds. The van der Waals surface area contributed by atoms with Gasteiger partial charge in [-0.1, -0.05) is 20.8 Å². The zero-order valence-electron chi connectivity index (χ0n) is 11.6. The van der Waals surface area contributed by atoms with Gasteiger partial charge in [-0.2, -0.15) is 0 Å². The average Bonchev–Trinajstić information content (AvgIpc) is 2.32. The fourth-order valence-electron chi connectivity index (χ4n) is 1.68. The molecule has 0 aromatic carbocycles. The summed E-state index contributed by atoms with van der Waals surface area (Å²) >= 11 is 0. The molecule has 0 aliphatic heterocycles. The molecular weight excluding hydrogens is 329 g/mol. The van der Waals surface area contributed by atoms with E-state index < -0.39 is 0 Å². The maximum atomic E-state index is 5.77. The average molecular weight is 357 g/mol. The van der Waals surface area contributed by atoms with Crippen molar-refractivity contribution in [3.8, 4) is 0 Å². The van der Waals surface area contributed by atoms with E-state index in [0.29, 0.717) is 24.5 Å².